The molecule has 80 valence electrons. The van der Waals surface area contributed by atoms with Gasteiger partial charge in [-0.25, -0.2) is 0 Å². The van der Waals surface area contributed by atoms with E-state index >= 15 is 0 Å². The zero-order valence-corrected chi connectivity index (χ0v) is 9.34. The first-order valence-corrected chi connectivity index (χ1v) is 5.40. The van der Waals surface area contributed by atoms with E-state index in [9.17, 15) is 0 Å². The van der Waals surface area contributed by atoms with Crippen LogP contribution in [0, 0.1) is 0 Å². The fraction of sp³-hybridized carbons (Fsp3) is 1.00. The number of likely N-dealkylation sites (N-methyl/N-ethyl adjacent to an activating group) is 1. The number of rotatable bonds is 8. The smallest absolute Gasteiger partial charge is 0.0162 e. The van der Waals surface area contributed by atoms with Crippen LogP contribution in [0.15, 0.2) is 0 Å². The van der Waals surface area contributed by atoms with E-state index in [1.54, 1.807) is 0 Å². The van der Waals surface area contributed by atoms with Crippen LogP contribution in [0.2, 0.25) is 0 Å². The highest BCUT2D eigenvalue weighted by Gasteiger charge is 2.01. The molecule has 0 aromatic rings. The van der Waals surface area contributed by atoms with E-state index in [0.717, 1.165) is 26.2 Å². The minimum Gasteiger partial charge on any atom is -0.329 e. The summed E-state index contributed by atoms with van der Waals surface area (Å²) >= 11 is 0. The Morgan fingerprint density at radius 1 is 1.31 bits per heavy atom. The Hall–Kier alpha value is -0.120. The van der Waals surface area contributed by atoms with Crippen LogP contribution in [0.25, 0.3) is 0 Å². The van der Waals surface area contributed by atoms with E-state index in [-0.39, 0.29) is 0 Å². The molecule has 0 saturated carbocycles. The number of nitrogens with zero attached hydrogens (tertiary/aromatic N) is 1. The normalized spacial score (nSPS) is 13.6. The first-order chi connectivity index (χ1) is 6.24. The van der Waals surface area contributed by atoms with Crippen molar-refractivity contribution in [1.29, 1.82) is 0 Å². The molecule has 13 heavy (non-hydrogen) atoms. The lowest BCUT2D eigenvalue weighted by Gasteiger charge is -2.20. The van der Waals surface area contributed by atoms with Gasteiger partial charge in [-0.15, -0.1) is 0 Å². The SMILES string of the molecule is CCCN(CC)CCNC(C)CN. The van der Waals surface area contributed by atoms with Crippen LogP contribution in [-0.2, 0) is 0 Å². The Balaban J connectivity index is 3.37. The first-order valence-electron chi connectivity index (χ1n) is 5.40. The molecule has 0 aliphatic rings. The van der Waals surface area contributed by atoms with Gasteiger partial charge in [-0.1, -0.05) is 13.8 Å². The van der Waals surface area contributed by atoms with Gasteiger partial charge in [-0.3, -0.25) is 0 Å². The minimum absolute atomic E-state index is 0.445. The molecule has 0 amide bonds. The fourth-order valence-electron chi connectivity index (χ4n) is 1.30. The highest BCUT2D eigenvalue weighted by molar-refractivity contribution is 4.63. The molecule has 0 aliphatic heterocycles. The molecular weight excluding hydrogens is 162 g/mol. The molecule has 0 aromatic heterocycles. The molecule has 0 radical (unpaired) electrons. The van der Waals surface area contributed by atoms with Crippen LogP contribution in [-0.4, -0.2) is 43.7 Å². The Kier molecular flexibility index (Phi) is 8.40. The summed E-state index contributed by atoms with van der Waals surface area (Å²) in [5, 5.41) is 3.39. The van der Waals surface area contributed by atoms with Gasteiger partial charge in [-0.2, -0.15) is 0 Å². The van der Waals surface area contributed by atoms with Crippen LogP contribution < -0.4 is 11.1 Å². The van der Waals surface area contributed by atoms with Crippen molar-refractivity contribution in [2.24, 2.45) is 5.73 Å². The number of hydrogen-bond acceptors (Lipinski definition) is 3. The van der Waals surface area contributed by atoms with Crippen molar-refractivity contribution in [2.75, 3.05) is 32.7 Å². The van der Waals surface area contributed by atoms with Gasteiger partial charge in [-0.05, 0) is 26.4 Å². The van der Waals surface area contributed by atoms with Crippen molar-refractivity contribution in [3.05, 3.63) is 0 Å². The molecule has 0 aromatic carbocycles. The number of nitrogens with one attached hydrogen (secondary N) is 1. The van der Waals surface area contributed by atoms with Crippen molar-refractivity contribution < 1.29 is 0 Å². The predicted octanol–water partition coefficient (Wildman–Crippen LogP) is 0.655. The van der Waals surface area contributed by atoms with Crippen LogP contribution >= 0.6 is 0 Å². The summed E-state index contributed by atoms with van der Waals surface area (Å²) < 4.78 is 0. The van der Waals surface area contributed by atoms with Gasteiger partial charge in [0.1, 0.15) is 0 Å². The highest BCUT2D eigenvalue weighted by atomic mass is 15.1. The maximum Gasteiger partial charge on any atom is 0.0162 e. The zero-order valence-electron chi connectivity index (χ0n) is 9.34. The molecule has 0 aliphatic carbocycles. The maximum atomic E-state index is 5.50. The lowest BCUT2D eigenvalue weighted by atomic mass is 10.3. The minimum atomic E-state index is 0.445. The molecule has 3 heteroatoms. The monoisotopic (exact) mass is 187 g/mol. The molecule has 0 saturated heterocycles. The summed E-state index contributed by atoms with van der Waals surface area (Å²) in [7, 11) is 0. The van der Waals surface area contributed by atoms with Crippen molar-refractivity contribution >= 4 is 0 Å². The summed E-state index contributed by atoms with van der Waals surface area (Å²) in [6.07, 6.45) is 1.24. The van der Waals surface area contributed by atoms with Gasteiger partial charge in [0.25, 0.3) is 0 Å². The molecule has 1 unspecified atom stereocenters. The van der Waals surface area contributed by atoms with Gasteiger partial charge in [0, 0.05) is 25.7 Å². The Morgan fingerprint density at radius 2 is 2.00 bits per heavy atom. The van der Waals surface area contributed by atoms with Crippen molar-refractivity contribution in [3.8, 4) is 0 Å². The highest BCUT2D eigenvalue weighted by Crippen LogP contribution is 1.89. The van der Waals surface area contributed by atoms with Gasteiger partial charge < -0.3 is 16.0 Å². The summed E-state index contributed by atoms with van der Waals surface area (Å²) in [5.74, 6) is 0. The molecular formula is C10H25N3. The number of hydrogen-bond donors (Lipinski definition) is 2. The Bertz CT molecular complexity index is 106. The third-order valence-corrected chi connectivity index (χ3v) is 2.26. The largest absolute Gasteiger partial charge is 0.329 e. The lowest BCUT2D eigenvalue weighted by Crippen LogP contribution is -2.39. The molecule has 0 bridgehead atoms. The topological polar surface area (TPSA) is 41.3 Å². The van der Waals surface area contributed by atoms with Crippen LogP contribution in [0.1, 0.15) is 27.2 Å². The maximum absolute atomic E-state index is 5.50. The Morgan fingerprint density at radius 3 is 2.46 bits per heavy atom. The van der Waals surface area contributed by atoms with Crippen molar-refractivity contribution in [2.45, 2.75) is 33.2 Å². The van der Waals surface area contributed by atoms with Gasteiger partial charge in [0.2, 0.25) is 0 Å². The quantitative estimate of drug-likeness (QED) is 0.586. The summed E-state index contributed by atoms with van der Waals surface area (Å²) in [5.41, 5.74) is 5.50. The standard InChI is InChI=1S/C10H25N3/c1-4-7-13(5-2)8-6-12-10(3)9-11/h10,12H,4-9,11H2,1-3H3. The fourth-order valence-corrected chi connectivity index (χ4v) is 1.30. The average Bonchev–Trinajstić information content (AvgIpc) is 2.16. The molecule has 0 rings (SSSR count). The van der Waals surface area contributed by atoms with E-state index in [1.165, 1.54) is 13.0 Å². The van der Waals surface area contributed by atoms with Crippen molar-refractivity contribution in [1.82, 2.24) is 10.2 Å². The van der Waals surface area contributed by atoms with Crippen LogP contribution in [0.5, 0.6) is 0 Å². The molecule has 1 atom stereocenters. The second kappa shape index (κ2) is 8.48. The van der Waals surface area contributed by atoms with E-state index < -0.39 is 0 Å². The second-order valence-electron chi connectivity index (χ2n) is 3.53. The summed E-state index contributed by atoms with van der Waals surface area (Å²) in [6, 6.07) is 0.445. The van der Waals surface area contributed by atoms with Crippen LogP contribution in [0.4, 0.5) is 0 Å². The first kappa shape index (κ1) is 12.9. The molecule has 3 nitrogen and oxygen atoms in total. The van der Waals surface area contributed by atoms with E-state index in [1.807, 2.05) is 0 Å². The summed E-state index contributed by atoms with van der Waals surface area (Å²) in [4.78, 5) is 2.45. The van der Waals surface area contributed by atoms with Gasteiger partial charge in [0.15, 0.2) is 0 Å². The van der Waals surface area contributed by atoms with E-state index in [4.69, 9.17) is 5.73 Å². The van der Waals surface area contributed by atoms with Crippen molar-refractivity contribution in [3.63, 3.8) is 0 Å². The van der Waals surface area contributed by atoms with E-state index in [0.29, 0.717) is 6.04 Å². The zero-order chi connectivity index (χ0) is 10.1. The molecule has 0 heterocycles. The van der Waals surface area contributed by atoms with Gasteiger partial charge >= 0.3 is 0 Å². The predicted molar refractivity (Wildman–Crippen MR) is 58.9 cm³/mol. The molecule has 3 N–H and O–H groups in total. The number of nitrogens with two attached hydrogens (primary N) is 1. The van der Waals surface area contributed by atoms with Gasteiger partial charge in [0.05, 0.1) is 0 Å². The second-order valence-corrected chi connectivity index (χ2v) is 3.53. The lowest BCUT2D eigenvalue weighted by molar-refractivity contribution is 0.284. The molecule has 0 spiro atoms. The van der Waals surface area contributed by atoms with E-state index in [2.05, 4.69) is 31.0 Å². The molecule has 0 fully saturated rings. The third kappa shape index (κ3) is 6.99. The third-order valence-electron chi connectivity index (χ3n) is 2.26. The summed E-state index contributed by atoms with van der Waals surface area (Å²) in [6.45, 7) is 11.8. The van der Waals surface area contributed by atoms with Crippen LogP contribution in [0.3, 0.4) is 0 Å². The average molecular weight is 187 g/mol. The Labute approximate surface area is 82.7 Å².